The Morgan fingerprint density at radius 3 is 2.58 bits per heavy atom. The van der Waals surface area contributed by atoms with Crippen LogP contribution in [0.15, 0.2) is 47.1 Å². The molecule has 2 rings (SSSR count). The molecule has 1 N–H and O–H groups in total. The minimum atomic E-state index is 0.0231. The average molecular weight is 259 g/mol. The molecule has 3 heteroatoms. The van der Waals surface area contributed by atoms with Crippen molar-refractivity contribution in [1.82, 2.24) is 5.32 Å². The zero-order chi connectivity index (χ0) is 13.7. The van der Waals surface area contributed by atoms with Gasteiger partial charge in [0.15, 0.2) is 0 Å². The van der Waals surface area contributed by atoms with Crippen molar-refractivity contribution in [3.8, 4) is 5.75 Å². The number of para-hydroxylation sites is 1. The van der Waals surface area contributed by atoms with Gasteiger partial charge < -0.3 is 14.5 Å². The smallest absolute Gasteiger partial charge is 0.125 e. The van der Waals surface area contributed by atoms with E-state index in [9.17, 15) is 0 Å². The van der Waals surface area contributed by atoms with E-state index in [1.165, 1.54) is 0 Å². The van der Waals surface area contributed by atoms with Gasteiger partial charge in [0, 0.05) is 5.56 Å². The van der Waals surface area contributed by atoms with Gasteiger partial charge in [-0.2, -0.15) is 0 Å². The lowest BCUT2D eigenvalue weighted by molar-refractivity contribution is 0.237. The van der Waals surface area contributed by atoms with Crippen molar-refractivity contribution in [3.05, 3.63) is 54.0 Å². The molecular formula is C16H21NO2. The zero-order valence-electron chi connectivity index (χ0n) is 11.7. The van der Waals surface area contributed by atoms with Gasteiger partial charge in [0.1, 0.15) is 11.5 Å². The molecule has 3 nitrogen and oxygen atoms in total. The van der Waals surface area contributed by atoms with Crippen molar-refractivity contribution in [3.63, 3.8) is 0 Å². The van der Waals surface area contributed by atoms with Gasteiger partial charge in [0.25, 0.3) is 0 Å². The van der Waals surface area contributed by atoms with Crippen LogP contribution in [0.25, 0.3) is 0 Å². The third-order valence-electron chi connectivity index (χ3n) is 2.83. The normalized spacial score (nSPS) is 12.6. The average Bonchev–Trinajstić information content (AvgIpc) is 2.90. The Hall–Kier alpha value is -1.74. The van der Waals surface area contributed by atoms with Crippen molar-refractivity contribution in [2.45, 2.75) is 32.9 Å². The molecule has 0 bridgehead atoms. The third kappa shape index (κ3) is 3.38. The first-order chi connectivity index (χ1) is 9.22. The summed E-state index contributed by atoms with van der Waals surface area (Å²) in [5, 5.41) is 3.44. The number of hydrogen-bond acceptors (Lipinski definition) is 3. The molecule has 0 saturated carbocycles. The first-order valence-electron chi connectivity index (χ1n) is 6.74. The monoisotopic (exact) mass is 259 g/mol. The van der Waals surface area contributed by atoms with Gasteiger partial charge in [-0.3, -0.25) is 0 Å². The molecule has 0 aliphatic carbocycles. The molecule has 19 heavy (non-hydrogen) atoms. The quantitative estimate of drug-likeness (QED) is 0.857. The lowest BCUT2D eigenvalue weighted by Crippen LogP contribution is -2.22. The topological polar surface area (TPSA) is 34.4 Å². The van der Waals surface area contributed by atoms with E-state index in [2.05, 4.69) is 18.3 Å². The molecule has 0 saturated heterocycles. The molecule has 1 aromatic carbocycles. The third-order valence-corrected chi connectivity index (χ3v) is 2.83. The van der Waals surface area contributed by atoms with E-state index in [4.69, 9.17) is 9.15 Å². The van der Waals surface area contributed by atoms with E-state index in [1.807, 2.05) is 44.2 Å². The van der Waals surface area contributed by atoms with Crippen LogP contribution in [-0.4, -0.2) is 12.6 Å². The van der Waals surface area contributed by atoms with E-state index in [0.717, 1.165) is 23.6 Å². The number of ether oxygens (including phenoxy) is 1. The van der Waals surface area contributed by atoms with Gasteiger partial charge in [-0.05, 0) is 38.6 Å². The van der Waals surface area contributed by atoms with Gasteiger partial charge in [-0.1, -0.05) is 25.1 Å². The highest BCUT2D eigenvalue weighted by Crippen LogP contribution is 2.30. The molecule has 0 amide bonds. The highest BCUT2D eigenvalue weighted by atomic mass is 16.5. The van der Waals surface area contributed by atoms with E-state index < -0.39 is 0 Å². The van der Waals surface area contributed by atoms with Crippen LogP contribution in [-0.2, 0) is 0 Å². The lowest BCUT2D eigenvalue weighted by atomic mass is 10.0. The molecule has 0 spiro atoms. The molecule has 102 valence electrons. The van der Waals surface area contributed by atoms with Crippen molar-refractivity contribution >= 4 is 0 Å². The second kappa shape index (κ2) is 6.43. The number of hydrogen-bond donors (Lipinski definition) is 1. The summed E-state index contributed by atoms with van der Waals surface area (Å²) in [4.78, 5) is 0. The predicted molar refractivity (Wildman–Crippen MR) is 76.4 cm³/mol. The number of nitrogens with one attached hydrogen (secondary N) is 1. The Morgan fingerprint density at radius 2 is 1.95 bits per heavy atom. The highest BCUT2D eigenvalue weighted by molar-refractivity contribution is 5.39. The fraction of sp³-hybridized carbons (Fsp3) is 0.375. The van der Waals surface area contributed by atoms with Crippen LogP contribution in [0.5, 0.6) is 5.75 Å². The Balaban J connectivity index is 2.36. The molecule has 1 aromatic heterocycles. The van der Waals surface area contributed by atoms with Crippen LogP contribution < -0.4 is 10.1 Å². The molecule has 1 unspecified atom stereocenters. The minimum Gasteiger partial charge on any atom is -0.491 e. The summed E-state index contributed by atoms with van der Waals surface area (Å²) in [6.45, 7) is 7.01. The van der Waals surface area contributed by atoms with E-state index in [1.54, 1.807) is 6.26 Å². The standard InChI is InChI=1S/C16H21NO2/c1-4-17-16(15-10-7-11-18-15)13-8-5-6-9-14(13)19-12(2)3/h5-12,16-17H,4H2,1-3H3. The van der Waals surface area contributed by atoms with Crippen LogP contribution in [0.2, 0.25) is 0 Å². The van der Waals surface area contributed by atoms with Crippen molar-refractivity contribution in [2.24, 2.45) is 0 Å². The van der Waals surface area contributed by atoms with Crippen LogP contribution in [0.1, 0.15) is 38.1 Å². The Bertz CT molecular complexity index is 491. The Labute approximate surface area is 114 Å². The lowest BCUT2D eigenvalue weighted by Gasteiger charge is -2.21. The van der Waals surface area contributed by atoms with Crippen LogP contribution in [0.3, 0.4) is 0 Å². The highest BCUT2D eigenvalue weighted by Gasteiger charge is 2.19. The second-order valence-corrected chi connectivity index (χ2v) is 4.71. The van der Waals surface area contributed by atoms with Crippen LogP contribution in [0, 0.1) is 0 Å². The first kappa shape index (κ1) is 13.7. The summed E-state index contributed by atoms with van der Waals surface area (Å²) in [6.07, 6.45) is 1.85. The molecule has 1 heterocycles. The Kier molecular flexibility index (Phi) is 4.63. The van der Waals surface area contributed by atoms with Gasteiger partial charge in [0.05, 0.1) is 18.4 Å². The summed E-state index contributed by atoms with van der Waals surface area (Å²) >= 11 is 0. The van der Waals surface area contributed by atoms with Crippen molar-refractivity contribution in [1.29, 1.82) is 0 Å². The maximum absolute atomic E-state index is 5.89. The van der Waals surface area contributed by atoms with E-state index in [-0.39, 0.29) is 12.1 Å². The van der Waals surface area contributed by atoms with Gasteiger partial charge in [-0.15, -0.1) is 0 Å². The summed E-state index contributed by atoms with van der Waals surface area (Å²) < 4.78 is 11.4. The first-order valence-corrected chi connectivity index (χ1v) is 6.74. The molecule has 1 atom stereocenters. The van der Waals surface area contributed by atoms with E-state index >= 15 is 0 Å². The van der Waals surface area contributed by atoms with Crippen LogP contribution in [0.4, 0.5) is 0 Å². The van der Waals surface area contributed by atoms with Crippen molar-refractivity contribution < 1.29 is 9.15 Å². The largest absolute Gasteiger partial charge is 0.491 e. The maximum Gasteiger partial charge on any atom is 0.125 e. The van der Waals surface area contributed by atoms with Gasteiger partial charge in [0.2, 0.25) is 0 Å². The molecule has 0 aliphatic rings. The zero-order valence-corrected chi connectivity index (χ0v) is 11.7. The van der Waals surface area contributed by atoms with Crippen molar-refractivity contribution in [2.75, 3.05) is 6.54 Å². The molecule has 0 aliphatic heterocycles. The molecule has 0 fully saturated rings. The number of rotatable bonds is 6. The number of furan rings is 1. The van der Waals surface area contributed by atoms with Gasteiger partial charge in [-0.25, -0.2) is 0 Å². The molecular weight excluding hydrogens is 238 g/mol. The predicted octanol–water partition coefficient (Wildman–Crippen LogP) is 3.77. The SMILES string of the molecule is CCNC(c1ccco1)c1ccccc1OC(C)C. The summed E-state index contributed by atoms with van der Waals surface area (Å²) in [5.74, 6) is 1.81. The summed E-state index contributed by atoms with van der Waals surface area (Å²) in [7, 11) is 0. The molecule has 0 radical (unpaired) electrons. The minimum absolute atomic E-state index is 0.0231. The van der Waals surface area contributed by atoms with Crippen LogP contribution >= 0.6 is 0 Å². The fourth-order valence-electron chi connectivity index (χ4n) is 2.10. The summed E-state index contributed by atoms with van der Waals surface area (Å²) in [5.41, 5.74) is 1.10. The van der Waals surface area contributed by atoms with E-state index in [0.29, 0.717) is 0 Å². The Morgan fingerprint density at radius 1 is 1.16 bits per heavy atom. The second-order valence-electron chi connectivity index (χ2n) is 4.71. The van der Waals surface area contributed by atoms with Gasteiger partial charge >= 0.3 is 0 Å². The molecule has 2 aromatic rings. The maximum atomic E-state index is 5.89. The summed E-state index contributed by atoms with van der Waals surface area (Å²) in [6, 6.07) is 12.0. The number of benzene rings is 1. The fourth-order valence-corrected chi connectivity index (χ4v) is 2.10.